The molecule has 1 aliphatic rings. The van der Waals surface area contributed by atoms with Crippen LogP contribution in [0.5, 0.6) is 34.5 Å². The Labute approximate surface area is 202 Å². The molecule has 4 aromatic carbocycles. The van der Waals surface area contributed by atoms with E-state index in [0.29, 0.717) is 23.3 Å². The molecule has 5 N–H and O–H groups in total. The summed E-state index contributed by atoms with van der Waals surface area (Å²) < 4.78 is 6.32. The van der Waals surface area contributed by atoms with Crippen molar-refractivity contribution in [1.29, 1.82) is 0 Å². The molecule has 35 heavy (non-hydrogen) atoms. The molecule has 2 unspecified atom stereocenters. The number of aromatic hydroxyl groups is 5. The Kier molecular flexibility index (Phi) is 5.71. The third-order valence-electron chi connectivity index (χ3n) is 6.06. The van der Waals surface area contributed by atoms with Crippen LogP contribution in [0.25, 0.3) is 6.08 Å². The molecule has 5 rings (SSSR count). The molecule has 4 aromatic rings. The summed E-state index contributed by atoms with van der Waals surface area (Å²) >= 11 is 0. The zero-order chi connectivity index (χ0) is 24.5. The van der Waals surface area contributed by atoms with Crippen LogP contribution in [0.2, 0.25) is 0 Å². The molecule has 176 valence electrons. The highest BCUT2D eigenvalue weighted by molar-refractivity contribution is 5.56. The first-order valence-electron chi connectivity index (χ1n) is 11.2. The number of phenolic OH excluding ortho intramolecular Hbond substituents is 5. The fraction of sp³-hybridized carbons (Fsp3) is 0.103. The summed E-state index contributed by atoms with van der Waals surface area (Å²) in [5, 5.41) is 49.3. The van der Waals surface area contributed by atoms with Gasteiger partial charge in [-0.2, -0.15) is 0 Å². The van der Waals surface area contributed by atoms with Crippen molar-refractivity contribution >= 4 is 6.08 Å². The van der Waals surface area contributed by atoms with Gasteiger partial charge in [0.1, 0.15) is 40.6 Å². The van der Waals surface area contributed by atoms with Gasteiger partial charge in [-0.3, -0.25) is 0 Å². The van der Waals surface area contributed by atoms with Crippen LogP contribution in [0.1, 0.15) is 39.8 Å². The van der Waals surface area contributed by atoms with Crippen LogP contribution < -0.4 is 4.74 Å². The van der Waals surface area contributed by atoms with E-state index < -0.39 is 6.10 Å². The number of fused-ring (bicyclic) bond motifs is 1. The molecule has 0 saturated carbocycles. The minimum Gasteiger partial charge on any atom is -0.508 e. The number of hydrogen-bond acceptors (Lipinski definition) is 6. The molecule has 1 aliphatic heterocycles. The summed E-state index contributed by atoms with van der Waals surface area (Å²) in [6, 6.07) is 21.7. The first-order valence-corrected chi connectivity index (χ1v) is 11.2. The van der Waals surface area contributed by atoms with Crippen LogP contribution in [-0.4, -0.2) is 25.5 Å². The van der Waals surface area contributed by atoms with E-state index in [1.54, 1.807) is 48.5 Å². The third kappa shape index (κ3) is 4.73. The maximum Gasteiger partial charge on any atom is 0.135 e. The summed E-state index contributed by atoms with van der Waals surface area (Å²) in [6.07, 6.45) is 3.96. The Bertz CT molecular complexity index is 1370. The predicted octanol–water partition coefficient (Wildman–Crippen LogP) is 5.74. The average molecular weight is 469 g/mol. The first-order chi connectivity index (χ1) is 16.9. The van der Waals surface area contributed by atoms with Gasteiger partial charge in [0, 0.05) is 17.7 Å². The zero-order valence-electron chi connectivity index (χ0n) is 18.7. The number of hydrogen-bond donors (Lipinski definition) is 5. The van der Waals surface area contributed by atoms with Crippen molar-refractivity contribution in [2.75, 3.05) is 0 Å². The molecule has 0 aromatic heterocycles. The maximum atomic E-state index is 10.1. The molecular formula is C29H24O6. The van der Waals surface area contributed by atoms with Crippen molar-refractivity contribution in [3.63, 3.8) is 0 Å². The number of phenols is 5. The smallest absolute Gasteiger partial charge is 0.135 e. The molecule has 1 heterocycles. The van der Waals surface area contributed by atoms with Crippen LogP contribution in [0.4, 0.5) is 0 Å². The number of ether oxygens (including phenoxy) is 1. The van der Waals surface area contributed by atoms with E-state index in [9.17, 15) is 25.5 Å². The largest absolute Gasteiger partial charge is 0.508 e. The molecule has 0 spiro atoms. The van der Waals surface area contributed by atoms with Gasteiger partial charge in [-0.05, 0) is 71.1 Å². The first kappa shape index (κ1) is 22.2. The van der Waals surface area contributed by atoms with E-state index in [1.807, 2.05) is 30.4 Å². The second-order valence-corrected chi connectivity index (χ2v) is 8.65. The van der Waals surface area contributed by atoms with E-state index in [1.165, 1.54) is 12.1 Å². The Morgan fingerprint density at radius 3 is 1.91 bits per heavy atom. The van der Waals surface area contributed by atoms with Gasteiger partial charge >= 0.3 is 0 Å². The van der Waals surface area contributed by atoms with Crippen LogP contribution in [0, 0.1) is 0 Å². The summed E-state index contributed by atoms with van der Waals surface area (Å²) in [7, 11) is 0. The Hall–Kier alpha value is -4.58. The Morgan fingerprint density at radius 2 is 1.26 bits per heavy atom. The lowest BCUT2D eigenvalue weighted by atomic mass is 9.84. The van der Waals surface area contributed by atoms with Gasteiger partial charge in [-0.15, -0.1) is 0 Å². The lowest BCUT2D eigenvalue weighted by Gasteiger charge is -2.20. The fourth-order valence-corrected chi connectivity index (χ4v) is 4.56. The molecule has 6 nitrogen and oxygen atoms in total. The molecule has 0 radical (unpaired) electrons. The third-order valence-corrected chi connectivity index (χ3v) is 6.06. The standard InChI is InChI=1S/C29H24O6/c30-21-7-5-19(6-8-21)29-28(20-13-24(33)16-25(34)14-20)26-12-17(4-9-27(26)35-29)2-1-3-18-10-22(31)15-23(32)11-18/h1,3-16,28-34H,2H2/b3-1+. The average Bonchev–Trinajstić information content (AvgIpc) is 3.17. The summed E-state index contributed by atoms with van der Waals surface area (Å²) in [4.78, 5) is 0. The summed E-state index contributed by atoms with van der Waals surface area (Å²) in [5.74, 6) is 0.498. The fourth-order valence-electron chi connectivity index (χ4n) is 4.56. The van der Waals surface area contributed by atoms with Gasteiger partial charge in [0.15, 0.2) is 0 Å². The van der Waals surface area contributed by atoms with Crippen molar-refractivity contribution in [2.45, 2.75) is 18.4 Å². The van der Waals surface area contributed by atoms with Crippen LogP contribution in [0.15, 0.2) is 84.9 Å². The molecule has 0 aliphatic carbocycles. The molecular weight excluding hydrogens is 444 g/mol. The van der Waals surface area contributed by atoms with E-state index in [2.05, 4.69) is 0 Å². The molecule has 6 heteroatoms. The molecule has 0 saturated heterocycles. The molecule has 0 fully saturated rings. The lowest BCUT2D eigenvalue weighted by Crippen LogP contribution is -2.11. The Balaban J connectivity index is 1.49. The topological polar surface area (TPSA) is 110 Å². The van der Waals surface area contributed by atoms with Gasteiger partial charge in [0.05, 0.1) is 5.92 Å². The second-order valence-electron chi connectivity index (χ2n) is 8.65. The monoisotopic (exact) mass is 468 g/mol. The van der Waals surface area contributed by atoms with Crippen molar-refractivity contribution in [3.05, 3.63) is 113 Å². The van der Waals surface area contributed by atoms with Crippen molar-refractivity contribution in [1.82, 2.24) is 0 Å². The van der Waals surface area contributed by atoms with Gasteiger partial charge in [-0.25, -0.2) is 0 Å². The van der Waals surface area contributed by atoms with E-state index in [4.69, 9.17) is 4.74 Å². The minimum absolute atomic E-state index is 0.00295. The summed E-state index contributed by atoms with van der Waals surface area (Å²) in [5.41, 5.74) is 4.20. The number of allylic oxidation sites excluding steroid dienone is 1. The highest BCUT2D eigenvalue weighted by atomic mass is 16.5. The van der Waals surface area contributed by atoms with E-state index >= 15 is 0 Å². The van der Waals surface area contributed by atoms with Gasteiger partial charge < -0.3 is 30.3 Å². The quantitative estimate of drug-likeness (QED) is 0.256. The van der Waals surface area contributed by atoms with Gasteiger partial charge in [0.2, 0.25) is 0 Å². The predicted molar refractivity (Wildman–Crippen MR) is 132 cm³/mol. The van der Waals surface area contributed by atoms with Crippen molar-refractivity contribution in [2.24, 2.45) is 0 Å². The lowest BCUT2D eigenvalue weighted by molar-refractivity contribution is 0.222. The normalized spacial score (nSPS) is 16.8. The SMILES string of the molecule is Oc1ccc(C2Oc3ccc(C/C=C/c4cc(O)cc(O)c4)cc3C2c2cc(O)cc(O)c2)cc1. The number of benzene rings is 4. The highest BCUT2D eigenvalue weighted by Gasteiger charge is 2.37. The van der Waals surface area contributed by atoms with Crippen LogP contribution >= 0.6 is 0 Å². The summed E-state index contributed by atoms with van der Waals surface area (Å²) in [6.45, 7) is 0. The Morgan fingerprint density at radius 1 is 0.629 bits per heavy atom. The van der Waals surface area contributed by atoms with Crippen molar-refractivity contribution in [3.8, 4) is 34.5 Å². The molecule has 2 atom stereocenters. The van der Waals surface area contributed by atoms with Crippen molar-refractivity contribution < 1.29 is 30.3 Å². The van der Waals surface area contributed by atoms with Crippen LogP contribution in [-0.2, 0) is 6.42 Å². The molecule has 0 bridgehead atoms. The van der Waals surface area contributed by atoms with E-state index in [-0.39, 0.29) is 34.7 Å². The number of rotatable bonds is 5. The zero-order valence-corrected chi connectivity index (χ0v) is 18.7. The maximum absolute atomic E-state index is 10.1. The van der Waals surface area contributed by atoms with Crippen LogP contribution in [0.3, 0.4) is 0 Å². The highest BCUT2D eigenvalue weighted by Crippen LogP contribution is 2.50. The van der Waals surface area contributed by atoms with E-state index in [0.717, 1.165) is 16.7 Å². The van der Waals surface area contributed by atoms with Gasteiger partial charge in [-0.1, -0.05) is 36.4 Å². The second kappa shape index (κ2) is 8.99. The van der Waals surface area contributed by atoms with Gasteiger partial charge in [0.25, 0.3) is 0 Å². The minimum atomic E-state index is -0.409. The molecule has 0 amide bonds.